The zero-order valence-corrected chi connectivity index (χ0v) is 10.4. The van der Waals surface area contributed by atoms with Crippen molar-refractivity contribution in [2.45, 2.75) is 45.1 Å². The number of carbonyl (C=O) groups is 1. The van der Waals surface area contributed by atoms with Crippen LogP contribution in [0.5, 0.6) is 0 Å². The van der Waals surface area contributed by atoms with Crippen LogP contribution >= 0.6 is 0 Å². The van der Waals surface area contributed by atoms with Gasteiger partial charge in [0.1, 0.15) is 0 Å². The van der Waals surface area contributed by atoms with Crippen molar-refractivity contribution >= 4 is 5.97 Å². The third-order valence-electron chi connectivity index (χ3n) is 2.82. The smallest absolute Gasteiger partial charge is 0.305 e. The third kappa shape index (κ3) is 5.00. The van der Waals surface area contributed by atoms with Gasteiger partial charge in [-0.05, 0) is 29.9 Å². The topological polar surface area (TPSA) is 57.5 Å². The largest absolute Gasteiger partial charge is 0.481 e. The molecule has 0 amide bonds. The lowest BCUT2D eigenvalue weighted by Gasteiger charge is -2.09. The maximum Gasteiger partial charge on any atom is 0.305 e. The fraction of sp³-hybridized carbons (Fsp3) is 0.500. The van der Waals surface area contributed by atoms with Crippen LogP contribution in [0.3, 0.4) is 0 Å². The van der Waals surface area contributed by atoms with Crippen molar-refractivity contribution in [2.75, 3.05) is 0 Å². The Morgan fingerprint density at radius 3 is 2.29 bits per heavy atom. The van der Waals surface area contributed by atoms with Gasteiger partial charge in [-0.2, -0.15) is 0 Å². The molecule has 0 fully saturated rings. The number of aliphatic hydroxyl groups is 1. The standard InChI is InChI=1S/C14H20O3/c1-10(2)12-6-3-11(4-7-12)5-8-13(15)9-14(16)17/h3-4,6-7,10,13,15H,5,8-9H2,1-2H3,(H,16,17). The fourth-order valence-corrected chi connectivity index (χ4v) is 1.71. The van der Waals surface area contributed by atoms with Gasteiger partial charge in [0.2, 0.25) is 0 Å². The Hall–Kier alpha value is -1.35. The number of carboxylic acids is 1. The summed E-state index contributed by atoms with van der Waals surface area (Å²) in [7, 11) is 0. The monoisotopic (exact) mass is 236 g/mol. The van der Waals surface area contributed by atoms with E-state index >= 15 is 0 Å². The maximum absolute atomic E-state index is 10.4. The lowest BCUT2D eigenvalue weighted by Crippen LogP contribution is -2.13. The summed E-state index contributed by atoms with van der Waals surface area (Å²) in [5.41, 5.74) is 2.43. The third-order valence-corrected chi connectivity index (χ3v) is 2.82. The van der Waals surface area contributed by atoms with Crippen LogP contribution in [0.4, 0.5) is 0 Å². The summed E-state index contributed by atoms with van der Waals surface area (Å²) in [5, 5.41) is 18.0. The molecule has 1 aromatic carbocycles. The van der Waals surface area contributed by atoms with Gasteiger partial charge in [-0.3, -0.25) is 4.79 Å². The second-order valence-electron chi connectivity index (χ2n) is 4.69. The molecule has 0 aliphatic carbocycles. The Labute approximate surface area is 102 Å². The zero-order valence-electron chi connectivity index (χ0n) is 10.4. The zero-order chi connectivity index (χ0) is 12.8. The molecule has 0 saturated heterocycles. The van der Waals surface area contributed by atoms with Crippen molar-refractivity contribution in [1.82, 2.24) is 0 Å². The normalized spacial score (nSPS) is 12.7. The minimum atomic E-state index is -0.951. The van der Waals surface area contributed by atoms with E-state index in [1.54, 1.807) is 0 Å². The molecule has 1 unspecified atom stereocenters. The summed E-state index contributed by atoms with van der Waals surface area (Å²) in [5.74, 6) is -0.436. The van der Waals surface area contributed by atoms with Crippen molar-refractivity contribution in [3.8, 4) is 0 Å². The SMILES string of the molecule is CC(C)c1ccc(CCC(O)CC(=O)O)cc1. The van der Waals surface area contributed by atoms with Crippen LogP contribution in [-0.2, 0) is 11.2 Å². The van der Waals surface area contributed by atoms with Crippen LogP contribution in [0.15, 0.2) is 24.3 Å². The Balaban J connectivity index is 2.44. The van der Waals surface area contributed by atoms with E-state index in [9.17, 15) is 9.90 Å². The van der Waals surface area contributed by atoms with E-state index in [-0.39, 0.29) is 6.42 Å². The van der Waals surface area contributed by atoms with Crippen molar-refractivity contribution in [3.05, 3.63) is 35.4 Å². The Kier molecular flexibility index (Phi) is 5.16. The first-order valence-corrected chi connectivity index (χ1v) is 5.97. The lowest BCUT2D eigenvalue weighted by molar-refractivity contribution is -0.139. The first-order chi connectivity index (χ1) is 7.99. The summed E-state index contributed by atoms with van der Waals surface area (Å²) in [6.45, 7) is 4.29. The minimum Gasteiger partial charge on any atom is -0.481 e. The van der Waals surface area contributed by atoms with Crippen LogP contribution in [0, 0.1) is 0 Å². The molecular weight excluding hydrogens is 216 g/mol. The highest BCUT2D eigenvalue weighted by molar-refractivity contribution is 5.67. The molecule has 94 valence electrons. The summed E-state index contributed by atoms with van der Waals surface area (Å²) in [6.07, 6.45) is 0.279. The Morgan fingerprint density at radius 1 is 1.24 bits per heavy atom. The van der Waals surface area contributed by atoms with Gasteiger partial charge in [0, 0.05) is 0 Å². The highest BCUT2D eigenvalue weighted by Gasteiger charge is 2.09. The molecule has 2 N–H and O–H groups in total. The van der Waals surface area contributed by atoms with Crippen molar-refractivity contribution in [3.63, 3.8) is 0 Å². The quantitative estimate of drug-likeness (QED) is 0.798. The second-order valence-corrected chi connectivity index (χ2v) is 4.69. The summed E-state index contributed by atoms with van der Waals surface area (Å²) >= 11 is 0. The summed E-state index contributed by atoms with van der Waals surface area (Å²) < 4.78 is 0. The predicted octanol–water partition coefficient (Wildman–Crippen LogP) is 2.58. The van der Waals surface area contributed by atoms with Crippen LogP contribution in [-0.4, -0.2) is 22.3 Å². The van der Waals surface area contributed by atoms with Gasteiger partial charge >= 0.3 is 5.97 Å². The number of benzene rings is 1. The molecule has 17 heavy (non-hydrogen) atoms. The molecule has 0 spiro atoms. The van der Waals surface area contributed by atoms with E-state index in [0.29, 0.717) is 18.8 Å². The van der Waals surface area contributed by atoms with Crippen LogP contribution in [0.25, 0.3) is 0 Å². The molecular formula is C14H20O3. The molecule has 3 heteroatoms. The van der Waals surface area contributed by atoms with Gasteiger partial charge in [0.15, 0.2) is 0 Å². The Bertz CT molecular complexity index is 354. The average Bonchev–Trinajstić information content (AvgIpc) is 2.26. The van der Waals surface area contributed by atoms with Crippen molar-refractivity contribution < 1.29 is 15.0 Å². The first-order valence-electron chi connectivity index (χ1n) is 5.97. The highest BCUT2D eigenvalue weighted by atomic mass is 16.4. The number of hydrogen-bond acceptors (Lipinski definition) is 2. The fourth-order valence-electron chi connectivity index (χ4n) is 1.71. The number of carboxylic acid groups (broad SMARTS) is 1. The van der Waals surface area contributed by atoms with Gasteiger partial charge in [-0.1, -0.05) is 38.1 Å². The van der Waals surface area contributed by atoms with Crippen molar-refractivity contribution in [1.29, 1.82) is 0 Å². The molecule has 1 aromatic rings. The second kappa shape index (κ2) is 6.40. The molecule has 0 saturated carbocycles. The number of rotatable bonds is 6. The minimum absolute atomic E-state index is 0.177. The highest BCUT2D eigenvalue weighted by Crippen LogP contribution is 2.16. The molecule has 0 bridgehead atoms. The molecule has 0 aliphatic rings. The van der Waals surface area contributed by atoms with Gasteiger partial charge in [0.25, 0.3) is 0 Å². The van der Waals surface area contributed by atoms with Crippen LogP contribution in [0.2, 0.25) is 0 Å². The van der Waals surface area contributed by atoms with E-state index in [1.807, 2.05) is 12.1 Å². The molecule has 1 rings (SSSR count). The Morgan fingerprint density at radius 2 is 1.82 bits per heavy atom. The first kappa shape index (κ1) is 13.7. The van der Waals surface area contributed by atoms with Crippen molar-refractivity contribution in [2.24, 2.45) is 0 Å². The molecule has 0 radical (unpaired) electrons. The molecule has 0 aromatic heterocycles. The van der Waals surface area contributed by atoms with E-state index < -0.39 is 12.1 Å². The van der Waals surface area contributed by atoms with E-state index in [1.165, 1.54) is 5.56 Å². The summed E-state index contributed by atoms with van der Waals surface area (Å²) in [6, 6.07) is 8.26. The lowest BCUT2D eigenvalue weighted by atomic mass is 9.99. The van der Waals surface area contributed by atoms with Crippen LogP contribution < -0.4 is 0 Å². The number of aryl methyl sites for hydroxylation is 1. The number of aliphatic hydroxyl groups excluding tert-OH is 1. The maximum atomic E-state index is 10.4. The van der Waals surface area contributed by atoms with Gasteiger partial charge in [0.05, 0.1) is 12.5 Å². The molecule has 1 atom stereocenters. The van der Waals surface area contributed by atoms with Crippen LogP contribution in [0.1, 0.15) is 43.7 Å². The average molecular weight is 236 g/mol. The van der Waals surface area contributed by atoms with Gasteiger partial charge < -0.3 is 10.2 Å². The number of aliphatic carboxylic acids is 1. The number of hydrogen-bond donors (Lipinski definition) is 2. The van der Waals surface area contributed by atoms with Gasteiger partial charge in [-0.15, -0.1) is 0 Å². The predicted molar refractivity (Wildman–Crippen MR) is 67.1 cm³/mol. The van der Waals surface area contributed by atoms with Gasteiger partial charge in [-0.25, -0.2) is 0 Å². The summed E-state index contributed by atoms with van der Waals surface area (Å²) in [4.78, 5) is 10.4. The molecule has 0 aliphatic heterocycles. The molecule has 3 nitrogen and oxygen atoms in total. The van der Waals surface area contributed by atoms with E-state index in [4.69, 9.17) is 5.11 Å². The van der Waals surface area contributed by atoms with E-state index in [2.05, 4.69) is 26.0 Å². The van der Waals surface area contributed by atoms with E-state index in [0.717, 1.165) is 5.56 Å². The molecule has 0 heterocycles.